The molecule has 0 aliphatic carbocycles. The van der Waals surface area contributed by atoms with Crippen LogP contribution in [0.4, 0.5) is 5.13 Å². The Kier molecular flexibility index (Phi) is 5.71. The van der Waals surface area contributed by atoms with Crippen LogP contribution in [-0.2, 0) is 14.9 Å². The first-order valence-corrected chi connectivity index (χ1v) is 9.62. The number of ether oxygens (including phenoxy) is 1. The maximum atomic E-state index is 12.3. The Hall–Kier alpha value is -1.92. The monoisotopic (exact) mass is 359 g/mol. The molecular weight excluding hydrogens is 334 g/mol. The van der Waals surface area contributed by atoms with E-state index in [1.807, 2.05) is 24.9 Å². The summed E-state index contributed by atoms with van der Waals surface area (Å²) in [7, 11) is 1.90. The second kappa shape index (κ2) is 7.97. The molecule has 0 bridgehead atoms. The van der Waals surface area contributed by atoms with Crippen molar-refractivity contribution >= 4 is 22.4 Å². The summed E-state index contributed by atoms with van der Waals surface area (Å²) < 4.78 is 5.28. The van der Waals surface area contributed by atoms with Gasteiger partial charge in [-0.25, -0.2) is 4.98 Å². The van der Waals surface area contributed by atoms with Crippen LogP contribution >= 0.6 is 11.3 Å². The molecule has 2 aromatic rings. The van der Waals surface area contributed by atoms with Crippen LogP contribution in [0.3, 0.4) is 0 Å². The van der Waals surface area contributed by atoms with Gasteiger partial charge in [0.25, 0.3) is 0 Å². The second-order valence-electron chi connectivity index (χ2n) is 6.25. The van der Waals surface area contributed by atoms with E-state index in [2.05, 4.69) is 35.0 Å². The molecule has 1 fully saturated rings. The van der Waals surface area contributed by atoms with E-state index in [9.17, 15) is 4.79 Å². The first kappa shape index (κ1) is 17.9. The van der Waals surface area contributed by atoms with Crippen molar-refractivity contribution in [1.29, 1.82) is 0 Å². The number of aromatic nitrogens is 1. The van der Waals surface area contributed by atoms with Gasteiger partial charge in [0.2, 0.25) is 5.91 Å². The van der Waals surface area contributed by atoms with Crippen LogP contribution in [0.2, 0.25) is 0 Å². The molecule has 1 amide bonds. The lowest BCUT2D eigenvalue weighted by Gasteiger charge is -2.41. The second-order valence-corrected chi connectivity index (χ2v) is 7.11. The Morgan fingerprint density at radius 1 is 1.32 bits per heavy atom. The Morgan fingerprint density at radius 3 is 2.64 bits per heavy atom. The van der Waals surface area contributed by atoms with Crippen molar-refractivity contribution in [1.82, 2.24) is 9.88 Å². The largest absolute Gasteiger partial charge is 0.372 e. The van der Waals surface area contributed by atoms with Crippen LogP contribution < -0.4 is 5.32 Å². The zero-order valence-electron chi connectivity index (χ0n) is 14.8. The third kappa shape index (κ3) is 3.70. The van der Waals surface area contributed by atoms with Gasteiger partial charge in [0.1, 0.15) is 6.61 Å². The lowest BCUT2D eigenvalue weighted by molar-refractivity contribution is -0.137. The zero-order valence-corrected chi connectivity index (χ0v) is 15.6. The molecule has 134 valence electrons. The van der Waals surface area contributed by atoms with E-state index in [1.165, 1.54) is 5.56 Å². The van der Waals surface area contributed by atoms with E-state index in [4.69, 9.17) is 9.72 Å². The average Bonchev–Trinajstić information content (AvgIpc) is 3.16. The smallest absolute Gasteiger partial charge is 0.248 e. The number of hydrogen-bond donors (Lipinski definition) is 1. The molecule has 1 aromatic carbocycles. The summed E-state index contributed by atoms with van der Waals surface area (Å²) in [5.74, 6) is 0.0812. The van der Waals surface area contributed by atoms with Crippen LogP contribution in [0.25, 0.3) is 0 Å². The highest BCUT2D eigenvalue weighted by molar-refractivity contribution is 7.13. The van der Waals surface area contributed by atoms with Gasteiger partial charge < -0.3 is 15.0 Å². The SMILES string of the molecule is CCOCC(=O)N1CCC(c2ccccc2)(c2csc(NC)n2)CC1. The number of rotatable bonds is 6. The van der Waals surface area contributed by atoms with E-state index >= 15 is 0 Å². The molecule has 1 aromatic heterocycles. The highest BCUT2D eigenvalue weighted by Crippen LogP contribution is 2.42. The molecule has 2 heterocycles. The summed E-state index contributed by atoms with van der Waals surface area (Å²) in [4.78, 5) is 19.0. The van der Waals surface area contributed by atoms with Crippen molar-refractivity contribution in [2.75, 3.05) is 38.7 Å². The predicted molar refractivity (Wildman–Crippen MR) is 101 cm³/mol. The van der Waals surface area contributed by atoms with Gasteiger partial charge in [0, 0.05) is 37.5 Å². The van der Waals surface area contributed by atoms with Crippen molar-refractivity contribution in [2.45, 2.75) is 25.2 Å². The minimum atomic E-state index is -0.130. The van der Waals surface area contributed by atoms with Gasteiger partial charge >= 0.3 is 0 Å². The number of piperidine rings is 1. The molecule has 5 nitrogen and oxygen atoms in total. The number of amides is 1. The summed E-state index contributed by atoms with van der Waals surface area (Å²) in [5, 5.41) is 6.21. The number of nitrogens with one attached hydrogen (secondary N) is 1. The van der Waals surface area contributed by atoms with E-state index in [1.54, 1.807) is 11.3 Å². The molecule has 0 unspecified atom stereocenters. The summed E-state index contributed by atoms with van der Waals surface area (Å²) in [6, 6.07) is 10.5. The lowest BCUT2D eigenvalue weighted by atomic mass is 9.70. The average molecular weight is 359 g/mol. The highest BCUT2D eigenvalue weighted by atomic mass is 32.1. The Labute approximate surface area is 153 Å². The number of benzene rings is 1. The molecule has 25 heavy (non-hydrogen) atoms. The van der Waals surface area contributed by atoms with Gasteiger partial charge in [0.15, 0.2) is 5.13 Å². The molecule has 1 N–H and O–H groups in total. The molecule has 1 saturated heterocycles. The van der Waals surface area contributed by atoms with Crippen molar-refractivity contribution < 1.29 is 9.53 Å². The quantitative estimate of drug-likeness (QED) is 0.861. The van der Waals surface area contributed by atoms with Gasteiger partial charge in [0.05, 0.1) is 5.69 Å². The maximum Gasteiger partial charge on any atom is 0.248 e. The van der Waals surface area contributed by atoms with Crippen LogP contribution in [-0.4, -0.2) is 49.1 Å². The molecule has 0 spiro atoms. The van der Waals surface area contributed by atoms with Crippen molar-refractivity contribution in [3.05, 3.63) is 47.0 Å². The number of thiazole rings is 1. The minimum Gasteiger partial charge on any atom is -0.372 e. The summed E-state index contributed by atoms with van der Waals surface area (Å²) in [6.45, 7) is 4.11. The van der Waals surface area contributed by atoms with Gasteiger partial charge in [-0.05, 0) is 25.3 Å². The highest BCUT2D eigenvalue weighted by Gasteiger charge is 2.40. The number of carbonyl (C=O) groups excluding carboxylic acids is 1. The first-order valence-electron chi connectivity index (χ1n) is 8.74. The molecule has 0 radical (unpaired) electrons. The van der Waals surface area contributed by atoms with Crippen molar-refractivity contribution in [3.63, 3.8) is 0 Å². The summed E-state index contributed by atoms with van der Waals surface area (Å²) >= 11 is 1.63. The molecule has 6 heteroatoms. The van der Waals surface area contributed by atoms with Crippen LogP contribution in [0.5, 0.6) is 0 Å². The first-order chi connectivity index (χ1) is 12.2. The van der Waals surface area contributed by atoms with Gasteiger partial charge in [-0.3, -0.25) is 4.79 Å². The maximum absolute atomic E-state index is 12.3. The fourth-order valence-electron chi connectivity index (χ4n) is 3.48. The third-order valence-electron chi connectivity index (χ3n) is 4.93. The van der Waals surface area contributed by atoms with Crippen LogP contribution in [0.15, 0.2) is 35.7 Å². The Morgan fingerprint density at radius 2 is 2.04 bits per heavy atom. The van der Waals surface area contributed by atoms with E-state index in [0.29, 0.717) is 6.61 Å². The van der Waals surface area contributed by atoms with Gasteiger partial charge in [-0.2, -0.15) is 0 Å². The summed E-state index contributed by atoms with van der Waals surface area (Å²) in [6.07, 6.45) is 1.75. The third-order valence-corrected chi connectivity index (χ3v) is 5.79. The topological polar surface area (TPSA) is 54.5 Å². The van der Waals surface area contributed by atoms with E-state index in [-0.39, 0.29) is 17.9 Å². The van der Waals surface area contributed by atoms with Gasteiger partial charge in [-0.15, -0.1) is 11.3 Å². The molecule has 1 aliphatic rings. The minimum absolute atomic E-state index is 0.0812. The van der Waals surface area contributed by atoms with Crippen LogP contribution in [0.1, 0.15) is 31.0 Å². The number of anilines is 1. The fraction of sp³-hybridized carbons (Fsp3) is 0.474. The molecule has 3 rings (SSSR count). The van der Waals surface area contributed by atoms with Crippen molar-refractivity contribution in [2.24, 2.45) is 0 Å². The normalized spacial score (nSPS) is 16.6. The van der Waals surface area contributed by atoms with Gasteiger partial charge in [-0.1, -0.05) is 30.3 Å². The predicted octanol–water partition coefficient (Wildman–Crippen LogP) is 3.13. The number of likely N-dealkylation sites (tertiary alicyclic amines) is 1. The fourth-order valence-corrected chi connectivity index (χ4v) is 4.25. The Balaban J connectivity index is 1.84. The summed E-state index contributed by atoms with van der Waals surface area (Å²) in [5.41, 5.74) is 2.25. The standard InChI is InChI=1S/C19H25N3O2S/c1-3-24-13-17(23)22-11-9-19(10-12-22,15-7-5-4-6-8-15)16-14-25-18(20-2)21-16/h4-8,14H,3,9-13H2,1-2H3,(H,20,21). The van der Waals surface area contributed by atoms with E-state index < -0.39 is 0 Å². The van der Waals surface area contributed by atoms with E-state index in [0.717, 1.165) is 36.8 Å². The van der Waals surface area contributed by atoms with Crippen molar-refractivity contribution in [3.8, 4) is 0 Å². The lowest BCUT2D eigenvalue weighted by Crippen LogP contribution is -2.47. The zero-order chi connectivity index (χ0) is 17.7. The molecule has 0 atom stereocenters. The Bertz CT molecular complexity index is 694. The molecule has 1 aliphatic heterocycles. The molecular formula is C19H25N3O2S. The number of hydrogen-bond acceptors (Lipinski definition) is 5. The number of carbonyl (C=O) groups is 1. The van der Waals surface area contributed by atoms with Crippen LogP contribution in [0, 0.1) is 0 Å². The number of nitrogens with zero attached hydrogens (tertiary/aromatic N) is 2. The molecule has 0 saturated carbocycles.